The number of aryl methyl sites for hydroxylation is 2. The number of ether oxygens (including phenoxy) is 1. The summed E-state index contributed by atoms with van der Waals surface area (Å²) < 4.78 is 5.49. The van der Waals surface area contributed by atoms with Crippen molar-refractivity contribution in [3.8, 4) is 0 Å². The van der Waals surface area contributed by atoms with Gasteiger partial charge in [-0.15, -0.1) is 0 Å². The highest BCUT2D eigenvalue weighted by molar-refractivity contribution is 5.29. The Bertz CT molecular complexity index is 334. The summed E-state index contributed by atoms with van der Waals surface area (Å²) in [5.41, 5.74) is 4.09. The number of nitrogens with one attached hydrogen (secondary N) is 1. The third kappa shape index (κ3) is 5.85. The average Bonchev–Trinajstić information content (AvgIpc) is 2.27. The van der Waals surface area contributed by atoms with Gasteiger partial charge in [-0.1, -0.05) is 18.2 Å². The molecule has 0 saturated carbocycles. The quantitative estimate of drug-likeness (QED) is 0.733. The van der Waals surface area contributed by atoms with Crippen molar-refractivity contribution in [2.45, 2.75) is 46.8 Å². The van der Waals surface area contributed by atoms with E-state index in [1.54, 1.807) is 0 Å². The van der Waals surface area contributed by atoms with Crippen LogP contribution in [0.4, 0.5) is 0 Å². The molecule has 0 bridgehead atoms. The van der Waals surface area contributed by atoms with Crippen molar-refractivity contribution in [2.75, 3.05) is 13.2 Å². The molecule has 0 heterocycles. The Morgan fingerprint density at radius 1 is 1.18 bits per heavy atom. The van der Waals surface area contributed by atoms with Gasteiger partial charge in [-0.05, 0) is 57.4 Å². The fourth-order valence-electron chi connectivity index (χ4n) is 1.66. The van der Waals surface area contributed by atoms with Gasteiger partial charge in [-0.2, -0.15) is 0 Å². The first-order valence-corrected chi connectivity index (χ1v) is 6.48. The van der Waals surface area contributed by atoms with E-state index in [4.69, 9.17) is 4.74 Å². The van der Waals surface area contributed by atoms with Gasteiger partial charge in [-0.3, -0.25) is 0 Å². The molecule has 17 heavy (non-hydrogen) atoms. The summed E-state index contributed by atoms with van der Waals surface area (Å²) in [6.45, 7) is 11.3. The van der Waals surface area contributed by atoms with Gasteiger partial charge < -0.3 is 10.1 Å². The van der Waals surface area contributed by atoms with Gasteiger partial charge in [0, 0.05) is 13.2 Å². The predicted molar refractivity (Wildman–Crippen MR) is 73.3 cm³/mol. The fraction of sp³-hybridized carbons (Fsp3) is 0.600. The number of hydrogen-bond acceptors (Lipinski definition) is 2. The number of benzene rings is 1. The van der Waals surface area contributed by atoms with E-state index < -0.39 is 0 Å². The third-order valence-electron chi connectivity index (χ3n) is 2.85. The molecule has 0 spiro atoms. The van der Waals surface area contributed by atoms with Crippen LogP contribution < -0.4 is 5.32 Å². The summed E-state index contributed by atoms with van der Waals surface area (Å²) in [5, 5.41) is 3.44. The molecule has 0 radical (unpaired) electrons. The molecule has 2 heteroatoms. The van der Waals surface area contributed by atoms with Crippen LogP contribution in [-0.4, -0.2) is 19.3 Å². The minimum atomic E-state index is 0.342. The second-order valence-corrected chi connectivity index (χ2v) is 4.87. The Hall–Kier alpha value is -0.860. The second-order valence-electron chi connectivity index (χ2n) is 4.87. The zero-order valence-corrected chi connectivity index (χ0v) is 11.5. The normalized spacial score (nSPS) is 11.1. The highest BCUT2D eigenvalue weighted by Gasteiger charge is 1.97. The Kier molecular flexibility index (Phi) is 6.23. The molecule has 0 fully saturated rings. The first kappa shape index (κ1) is 14.2. The summed E-state index contributed by atoms with van der Waals surface area (Å²) in [6, 6.07) is 6.64. The van der Waals surface area contributed by atoms with E-state index in [9.17, 15) is 0 Å². The molecule has 0 atom stereocenters. The molecule has 0 aromatic heterocycles. The van der Waals surface area contributed by atoms with Crippen LogP contribution in [0, 0.1) is 13.8 Å². The van der Waals surface area contributed by atoms with Crippen LogP contribution in [0.1, 0.15) is 37.0 Å². The highest BCUT2D eigenvalue weighted by Crippen LogP contribution is 2.09. The molecule has 1 aromatic carbocycles. The molecule has 0 aliphatic carbocycles. The molecular weight excluding hydrogens is 210 g/mol. The second kappa shape index (κ2) is 7.46. The standard InChI is InChI=1S/C15H25NO/c1-12(2)17-9-5-8-16-11-15-7-6-13(3)14(4)10-15/h6-7,10,12,16H,5,8-9,11H2,1-4H3. The van der Waals surface area contributed by atoms with Crippen LogP contribution in [0.25, 0.3) is 0 Å². The maximum Gasteiger partial charge on any atom is 0.0518 e. The van der Waals surface area contributed by atoms with Crippen LogP contribution in [-0.2, 0) is 11.3 Å². The summed E-state index contributed by atoms with van der Waals surface area (Å²) >= 11 is 0. The Labute approximate surface area is 105 Å². The molecule has 0 saturated heterocycles. The maximum atomic E-state index is 5.49. The van der Waals surface area contributed by atoms with Crippen molar-refractivity contribution in [1.82, 2.24) is 5.32 Å². The zero-order chi connectivity index (χ0) is 12.7. The van der Waals surface area contributed by atoms with Gasteiger partial charge in [0.15, 0.2) is 0 Å². The van der Waals surface area contributed by atoms with E-state index in [0.29, 0.717) is 6.10 Å². The Morgan fingerprint density at radius 3 is 2.59 bits per heavy atom. The van der Waals surface area contributed by atoms with Gasteiger partial charge in [0.1, 0.15) is 0 Å². The topological polar surface area (TPSA) is 21.3 Å². The summed E-state index contributed by atoms with van der Waals surface area (Å²) in [7, 11) is 0. The zero-order valence-electron chi connectivity index (χ0n) is 11.5. The molecule has 0 amide bonds. The van der Waals surface area contributed by atoms with Crippen LogP contribution in [0.3, 0.4) is 0 Å². The molecule has 2 nitrogen and oxygen atoms in total. The third-order valence-corrected chi connectivity index (χ3v) is 2.85. The van der Waals surface area contributed by atoms with Crippen LogP contribution in [0.5, 0.6) is 0 Å². The van der Waals surface area contributed by atoms with Gasteiger partial charge in [-0.25, -0.2) is 0 Å². The van der Waals surface area contributed by atoms with Gasteiger partial charge >= 0.3 is 0 Å². The Morgan fingerprint density at radius 2 is 1.94 bits per heavy atom. The molecule has 1 aromatic rings. The molecule has 0 unspecified atom stereocenters. The van der Waals surface area contributed by atoms with E-state index in [1.807, 2.05) is 0 Å². The van der Waals surface area contributed by atoms with E-state index in [0.717, 1.165) is 26.1 Å². The van der Waals surface area contributed by atoms with Crippen LogP contribution in [0.15, 0.2) is 18.2 Å². The van der Waals surface area contributed by atoms with Crippen LogP contribution >= 0.6 is 0 Å². The molecular formula is C15H25NO. The Balaban J connectivity index is 2.16. The lowest BCUT2D eigenvalue weighted by Gasteiger charge is -2.09. The number of rotatable bonds is 7. The van der Waals surface area contributed by atoms with Gasteiger partial charge in [0.25, 0.3) is 0 Å². The van der Waals surface area contributed by atoms with Crippen molar-refractivity contribution < 1.29 is 4.74 Å². The number of hydrogen-bond donors (Lipinski definition) is 1. The van der Waals surface area contributed by atoms with Gasteiger partial charge in [0.05, 0.1) is 6.10 Å². The van der Waals surface area contributed by atoms with Crippen molar-refractivity contribution in [3.63, 3.8) is 0 Å². The lowest BCUT2D eigenvalue weighted by atomic mass is 10.1. The summed E-state index contributed by atoms with van der Waals surface area (Å²) in [4.78, 5) is 0. The monoisotopic (exact) mass is 235 g/mol. The maximum absolute atomic E-state index is 5.49. The highest BCUT2D eigenvalue weighted by atomic mass is 16.5. The van der Waals surface area contributed by atoms with Gasteiger partial charge in [0.2, 0.25) is 0 Å². The van der Waals surface area contributed by atoms with Crippen molar-refractivity contribution in [2.24, 2.45) is 0 Å². The predicted octanol–water partition coefficient (Wildman–Crippen LogP) is 3.21. The molecule has 1 rings (SSSR count). The lowest BCUT2D eigenvalue weighted by Crippen LogP contribution is -2.17. The van der Waals surface area contributed by atoms with Crippen molar-refractivity contribution in [1.29, 1.82) is 0 Å². The molecule has 96 valence electrons. The van der Waals surface area contributed by atoms with E-state index >= 15 is 0 Å². The minimum Gasteiger partial charge on any atom is -0.379 e. The average molecular weight is 235 g/mol. The first-order valence-electron chi connectivity index (χ1n) is 6.48. The molecule has 0 aliphatic rings. The minimum absolute atomic E-state index is 0.342. The molecule has 0 aliphatic heterocycles. The molecule has 1 N–H and O–H groups in total. The largest absolute Gasteiger partial charge is 0.379 e. The van der Waals surface area contributed by atoms with Crippen LogP contribution in [0.2, 0.25) is 0 Å². The lowest BCUT2D eigenvalue weighted by molar-refractivity contribution is 0.0770. The van der Waals surface area contributed by atoms with Crippen molar-refractivity contribution in [3.05, 3.63) is 34.9 Å². The fourth-order valence-corrected chi connectivity index (χ4v) is 1.66. The van der Waals surface area contributed by atoms with E-state index in [1.165, 1.54) is 16.7 Å². The van der Waals surface area contributed by atoms with Crippen molar-refractivity contribution >= 4 is 0 Å². The summed E-state index contributed by atoms with van der Waals surface area (Å²) in [5.74, 6) is 0. The van der Waals surface area contributed by atoms with E-state index in [-0.39, 0.29) is 0 Å². The smallest absolute Gasteiger partial charge is 0.0518 e. The summed E-state index contributed by atoms with van der Waals surface area (Å²) in [6.07, 6.45) is 1.41. The SMILES string of the molecule is Cc1ccc(CNCCCOC(C)C)cc1C. The first-order chi connectivity index (χ1) is 8.09. The van der Waals surface area contributed by atoms with E-state index in [2.05, 4.69) is 51.2 Å².